The van der Waals surface area contributed by atoms with E-state index in [0.29, 0.717) is 0 Å². The van der Waals surface area contributed by atoms with Gasteiger partial charge in [0.05, 0.1) is 0 Å². The summed E-state index contributed by atoms with van der Waals surface area (Å²) in [6, 6.07) is 74.9. The Morgan fingerprint density at radius 1 is 0.373 bits per heavy atom. The van der Waals surface area contributed by atoms with Gasteiger partial charge in [0, 0.05) is 68.3 Å². The minimum Gasteiger partial charge on any atom is -0.311 e. The number of rotatable bonds is 8. The highest BCUT2D eigenvalue weighted by Gasteiger charge is 2.43. The Morgan fingerprint density at radius 2 is 0.814 bits per heavy atom. The van der Waals surface area contributed by atoms with Crippen molar-refractivity contribution in [3.8, 4) is 0 Å². The van der Waals surface area contributed by atoms with Crippen molar-refractivity contribution in [2.24, 2.45) is 0 Å². The van der Waals surface area contributed by atoms with Crippen LogP contribution in [0.15, 0.2) is 230 Å². The molecule has 3 aliphatic rings. The Hall–Kier alpha value is -7.50. The van der Waals surface area contributed by atoms with Gasteiger partial charge in [0.15, 0.2) is 0 Å². The Bertz CT molecular complexity index is 2800. The molecule has 4 nitrogen and oxygen atoms in total. The molecule has 0 radical (unpaired) electrons. The van der Waals surface area contributed by atoms with Crippen molar-refractivity contribution in [2.45, 2.75) is 12.8 Å². The number of nitrogens with zero attached hydrogens (tertiary/aromatic N) is 4. The summed E-state index contributed by atoms with van der Waals surface area (Å²) in [5.41, 5.74) is 17.7. The Labute approximate surface area is 346 Å². The minimum atomic E-state index is -0.00454. The molecule has 59 heavy (non-hydrogen) atoms. The zero-order valence-electron chi connectivity index (χ0n) is 32.6. The molecule has 0 spiro atoms. The van der Waals surface area contributed by atoms with E-state index in [2.05, 4.69) is 244 Å². The molecule has 0 amide bonds. The summed E-state index contributed by atoms with van der Waals surface area (Å²) < 4.78 is 0. The molecule has 8 aromatic carbocycles. The smallest absolute Gasteiger partial charge is 0.252 e. The molecule has 0 fully saturated rings. The standard InChI is InChI=1S/C54H41BN4/c1-7-20-40(21-8-1)56(41-22-9-2-10-23-41)46-34-36-48-52(38-46)58(44-28-15-5-16-29-44)50-32-19-33-51-54(50)55(48)49-37-35-47(39-53(49)59(51)45-30-17-6-18-31-45)57(42-24-11-3-12-25-42)43-26-13-4-14-27-43/h1-3,5-13,15-39H,4,14H2. The third-order valence-electron chi connectivity index (χ3n) is 11.8. The van der Waals surface area contributed by atoms with Crippen LogP contribution in [0.4, 0.5) is 62.6 Å². The number of benzene rings is 8. The minimum absolute atomic E-state index is 0.00454. The predicted molar refractivity (Wildman–Crippen MR) is 250 cm³/mol. The molecule has 280 valence electrons. The van der Waals surface area contributed by atoms with Crippen molar-refractivity contribution in [1.29, 1.82) is 0 Å². The number of hydrogen-bond donors (Lipinski definition) is 0. The maximum atomic E-state index is 2.48. The van der Waals surface area contributed by atoms with Gasteiger partial charge in [-0.05, 0) is 132 Å². The number of para-hydroxylation sites is 5. The van der Waals surface area contributed by atoms with Crippen molar-refractivity contribution >= 4 is 85.7 Å². The van der Waals surface area contributed by atoms with Gasteiger partial charge < -0.3 is 19.6 Å². The molecule has 0 unspecified atom stereocenters. The molecule has 8 aromatic rings. The molecular formula is C54H41BN4. The Balaban J connectivity index is 1.16. The summed E-state index contributed by atoms with van der Waals surface area (Å²) in [4.78, 5) is 9.73. The van der Waals surface area contributed by atoms with Gasteiger partial charge in [-0.1, -0.05) is 121 Å². The molecule has 1 aliphatic carbocycles. The highest BCUT2D eigenvalue weighted by atomic mass is 15.2. The van der Waals surface area contributed by atoms with Gasteiger partial charge >= 0.3 is 0 Å². The lowest BCUT2D eigenvalue weighted by molar-refractivity contribution is 0.997. The summed E-state index contributed by atoms with van der Waals surface area (Å²) in [7, 11) is 0. The summed E-state index contributed by atoms with van der Waals surface area (Å²) in [5, 5.41) is 0. The van der Waals surface area contributed by atoms with Gasteiger partial charge in [-0.2, -0.15) is 0 Å². The van der Waals surface area contributed by atoms with Crippen molar-refractivity contribution in [3.05, 3.63) is 230 Å². The topological polar surface area (TPSA) is 13.0 Å². The van der Waals surface area contributed by atoms with Crippen LogP contribution < -0.4 is 36.0 Å². The van der Waals surface area contributed by atoms with Gasteiger partial charge in [-0.3, -0.25) is 0 Å². The van der Waals surface area contributed by atoms with E-state index in [4.69, 9.17) is 0 Å². The van der Waals surface area contributed by atoms with E-state index in [1.54, 1.807) is 0 Å². The van der Waals surface area contributed by atoms with Gasteiger partial charge in [-0.15, -0.1) is 0 Å². The number of anilines is 11. The number of hydrogen-bond acceptors (Lipinski definition) is 4. The first-order valence-corrected chi connectivity index (χ1v) is 20.5. The van der Waals surface area contributed by atoms with Gasteiger partial charge in [0.1, 0.15) is 0 Å². The van der Waals surface area contributed by atoms with Crippen LogP contribution in [-0.4, -0.2) is 6.71 Å². The first-order valence-electron chi connectivity index (χ1n) is 20.5. The van der Waals surface area contributed by atoms with E-state index in [9.17, 15) is 0 Å². The molecule has 0 N–H and O–H groups in total. The average Bonchev–Trinajstić information content (AvgIpc) is 3.31. The average molecular weight is 757 g/mol. The predicted octanol–water partition coefficient (Wildman–Crippen LogP) is 12.6. The van der Waals surface area contributed by atoms with Crippen LogP contribution in [0.5, 0.6) is 0 Å². The van der Waals surface area contributed by atoms with E-state index in [1.165, 1.54) is 44.8 Å². The quantitative estimate of drug-likeness (QED) is 0.143. The third-order valence-corrected chi connectivity index (χ3v) is 11.8. The molecule has 2 aliphatic heterocycles. The van der Waals surface area contributed by atoms with Crippen molar-refractivity contribution in [1.82, 2.24) is 0 Å². The number of allylic oxidation sites excluding steroid dienone is 3. The largest absolute Gasteiger partial charge is 0.311 e. The third kappa shape index (κ3) is 6.02. The van der Waals surface area contributed by atoms with Crippen molar-refractivity contribution in [3.63, 3.8) is 0 Å². The van der Waals surface area contributed by atoms with Crippen molar-refractivity contribution in [2.75, 3.05) is 19.6 Å². The molecular weight excluding hydrogens is 715 g/mol. The first-order chi connectivity index (χ1) is 29.3. The molecule has 0 bridgehead atoms. The summed E-state index contributed by atoms with van der Waals surface area (Å²) in [6.07, 6.45) is 9.02. The fraction of sp³-hybridized carbons (Fsp3) is 0.0370. The summed E-state index contributed by atoms with van der Waals surface area (Å²) >= 11 is 0. The van der Waals surface area contributed by atoms with Crippen LogP contribution >= 0.6 is 0 Å². The molecule has 11 rings (SSSR count). The Kier molecular flexibility index (Phi) is 8.70. The van der Waals surface area contributed by atoms with Crippen LogP contribution in [0.25, 0.3) is 0 Å². The fourth-order valence-corrected chi connectivity index (χ4v) is 9.28. The lowest BCUT2D eigenvalue weighted by atomic mass is 9.33. The monoisotopic (exact) mass is 756 g/mol. The Morgan fingerprint density at radius 3 is 1.27 bits per heavy atom. The SMILES string of the molecule is C1=CC(N(c2ccccc2)c2ccc3c(c2)N(c2ccccc2)c2cccc4c2B3c2ccc(N(c3ccccc3)c3ccccc3)cc2N4c2ccccc2)=CCC1. The van der Waals surface area contributed by atoms with E-state index in [-0.39, 0.29) is 6.71 Å². The zero-order chi connectivity index (χ0) is 39.1. The van der Waals surface area contributed by atoms with Crippen molar-refractivity contribution < 1.29 is 0 Å². The lowest BCUT2D eigenvalue weighted by Gasteiger charge is -2.44. The lowest BCUT2D eigenvalue weighted by Crippen LogP contribution is -2.61. The van der Waals surface area contributed by atoms with Crippen LogP contribution in [0.3, 0.4) is 0 Å². The highest BCUT2D eigenvalue weighted by Crippen LogP contribution is 2.47. The molecule has 0 saturated carbocycles. The van der Waals surface area contributed by atoms with Crippen LogP contribution in [-0.2, 0) is 0 Å². The van der Waals surface area contributed by atoms with Gasteiger partial charge in [0.25, 0.3) is 6.71 Å². The van der Waals surface area contributed by atoms with E-state index >= 15 is 0 Å². The second-order valence-corrected chi connectivity index (χ2v) is 15.3. The first kappa shape index (κ1) is 34.7. The molecule has 0 atom stereocenters. The van der Waals surface area contributed by atoms with E-state index < -0.39 is 0 Å². The normalized spacial score (nSPS) is 13.6. The highest BCUT2D eigenvalue weighted by molar-refractivity contribution is 7.00. The second kappa shape index (κ2) is 14.8. The van der Waals surface area contributed by atoms with Crippen LogP contribution in [0, 0.1) is 0 Å². The fourth-order valence-electron chi connectivity index (χ4n) is 9.28. The maximum absolute atomic E-state index is 2.48. The maximum Gasteiger partial charge on any atom is 0.252 e. The number of fused-ring (bicyclic) bond motifs is 4. The second-order valence-electron chi connectivity index (χ2n) is 15.3. The van der Waals surface area contributed by atoms with Gasteiger partial charge in [0.2, 0.25) is 0 Å². The van der Waals surface area contributed by atoms with Gasteiger partial charge in [-0.25, -0.2) is 0 Å². The zero-order valence-corrected chi connectivity index (χ0v) is 32.6. The van der Waals surface area contributed by atoms with Crippen LogP contribution in [0.1, 0.15) is 12.8 Å². The summed E-state index contributed by atoms with van der Waals surface area (Å²) in [6.45, 7) is -0.00454. The molecule has 5 heteroatoms. The van der Waals surface area contributed by atoms with E-state index in [0.717, 1.165) is 52.7 Å². The van der Waals surface area contributed by atoms with Crippen LogP contribution in [0.2, 0.25) is 0 Å². The van der Waals surface area contributed by atoms with E-state index in [1.807, 2.05) is 0 Å². The summed E-state index contributed by atoms with van der Waals surface area (Å²) in [5.74, 6) is 0. The molecule has 2 heterocycles. The molecule has 0 saturated heterocycles. The molecule has 0 aromatic heterocycles.